The Morgan fingerprint density at radius 3 is 1.73 bits per heavy atom. The summed E-state index contributed by atoms with van der Waals surface area (Å²) in [7, 11) is 0. The number of hydrogen-bond donors (Lipinski definition) is 0. The molecule has 2 aliphatic rings. The number of carbonyl (C=O) groups excluding carboxylic acids is 2. The summed E-state index contributed by atoms with van der Waals surface area (Å²) in [6.07, 6.45) is 3.87. The van der Waals surface area contributed by atoms with Crippen molar-refractivity contribution in [3.05, 3.63) is 0 Å². The first-order chi connectivity index (χ1) is 10.9. The van der Waals surface area contributed by atoms with Crippen molar-refractivity contribution in [2.75, 3.05) is 39.5 Å². The van der Waals surface area contributed by atoms with Crippen molar-refractivity contribution in [1.82, 2.24) is 0 Å². The molecule has 0 spiro atoms. The van der Waals surface area contributed by atoms with Crippen molar-refractivity contribution >= 4 is 12.2 Å². The van der Waals surface area contributed by atoms with Crippen LogP contribution in [0.25, 0.3) is 0 Å². The summed E-state index contributed by atoms with van der Waals surface area (Å²) in [6.45, 7) is 2.78. The topological polar surface area (TPSA) is 95.8 Å². The number of nitrogens with zero attached hydrogens (tertiary/aromatic N) is 2. The van der Waals surface area contributed by atoms with Crippen molar-refractivity contribution < 1.29 is 28.5 Å². The van der Waals surface area contributed by atoms with Crippen LogP contribution in [0.1, 0.15) is 12.8 Å². The number of rotatable bonds is 10. The predicted octanol–water partition coefficient (Wildman–Crippen LogP) is 0.00620. The van der Waals surface area contributed by atoms with E-state index in [9.17, 15) is 9.59 Å². The summed E-state index contributed by atoms with van der Waals surface area (Å²) >= 11 is 0. The first-order valence-electron chi connectivity index (χ1n) is 7.40. The molecule has 0 N–H and O–H groups in total. The molecule has 8 nitrogen and oxygen atoms in total. The van der Waals surface area contributed by atoms with Crippen molar-refractivity contribution in [2.45, 2.75) is 37.3 Å². The van der Waals surface area contributed by atoms with Gasteiger partial charge in [-0.2, -0.15) is 0 Å². The van der Waals surface area contributed by atoms with Gasteiger partial charge in [-0.25, -0.2) is 19.6 Å². The minimum atomic E-state index is -0.118. The molecule has 0 aromatic carbocycles. The van der Waals surface area contributed by atoms with Gasteiger partial charge in [-0.1, -0.05) is 0 Å². The minimum absolute atomic E-state index is 0.113. The quantitative estimate of drug-likeness (QED) is 0.320. The highest BCUT2D eigenvalue weighted by Gasteiger charge is 2.48. The maximum absolute atomic E-state index is 9.94. The zero-order chi connectivity index (χ0) is 15.6. The van der Waals surface area contributed by atoms with E-state index in [2.05, 4.69) is 9.98 Å². The molecule has 4 atom stereocenters. The van der Waals surface area contributed by atoms with Gasteiger partial charge in [0.2, 0.25) is 12.2 Å². The van der Waals surface area contributed by atoms with E-state index in [1.807, 2.05) is 0 Å². The number of fused-ring (bicyclic) bond motifs is 1. The van der Waals surface area contributed by atoms with Crippen LogP contribution in [-0.2, 0) is 28.5 Å². The Kier molecular flexibility index (Phi) is 7.39. The zero-order valence-electron chi connectivity index (χ0n) is 12.3. The van der Waals surface area contributed by atoms with E-state index in [1.54, 1.807) is 0 Å². The summed E-state index contributed by atoms with van der Waals surface area (Å²) < 4.78 is 22.9. The maximum atomic E-state index is 9.94. The van der Waals surface area contributed by atoms with Gasteiger partial charge < -0.3 is 18.9 Å². The molecular formula is C14H20N2O6. The van der Waals surface area contributed by atoms with E-state index in [4.69, 9.17) is 18.9 Å². The average molecular weight is 312 g/mol. The van der Waals surface area contributed by atoms with E-state index >= 15 is 0 Å². The molecule has 0 aliphatic carbocycles. The maximum Gasteiger partial charge on any atom is 0.234 e. The third-order valence-corrected chi connectivity index (χ3v) is 3.58. The van der Waals surface area contributed by atoms with E-state index in [0.29, 0.717) is 52.4 Å². The second-order valence-electron chi connectivity index (χ2n) is 5.07. The molecule has 0 aromatic rings. The van der Waals surface area contributed by atoms with Crippen molar-refractivity contribution in [3.63, 3.8) is 0 Å². The van der Waals surface area contributed by atoms with Gasteiger partial charge in [0.25, 0.3) is 0 Å². The lowest BCUT2D eigenvalue weighted by Crippen LogP contribution is -2.34. The molecule has 0 amide bonds. The van der Waals surface area contributed by atoms with Gasteiger partial charge in [-0.3, -0.25) is 0 Å². The Balaban J connectivity index is 1.65. The van der Waals surface area contributed by atoms with Crippen LogP contribution in [0.2, 0.25) is 0 Å². The Morgan fingerprint density at radius 1 is 0.864 bits per heavy atom. The minimum Gasteiger partial charge on any atom is -0.373 e. The largest absolute Gasteiger partial charge is 0.373 e. The SMILES string of the molecule is O=C=NCCCO[C@H]1COC2C1OC[C@H]2OCCCN=C=O. The summed E-state index contributed by atoms with van der Waals surface area (Å²) in [5.41, 5.74) is 0. The number of ether oxygens (including phenoxy) is 4. The molecule has 0 radical (unpaired) electrons. The molecule has 22 heavy (non-hydrogen) atoms. The molecule has 2 saturated heterocycles. The second kappa shape index (κ2) is 9.58. The smallest absolute Gasteiger partial charge is 0.234 e. The van der Waals surface area contributed by atoms with Crippen molar-refractivity contribution in [2.24, 2.45) is 9.98 Å². The third kappa shape index (κ3) is 4.81. The molecular weight excluding hydrogens is 292 g/mol. The lowest BCUT2D eigenvalue weighted by Gasteiger charge is -2.17. The number of isocyanates is 2. The van der Waals surface area contributed by atoms with E-state index < -0.39 is 0 Å². The number of aliphatic imine (C=N–C) groups is 2. The second-order valence-corrected chi connectivity index (χ2v) is 5.07. The zero-order valence-corrected chi connectivity index (χ0v) is 12.3. The van der Waals surface area contributed by atoms with Crippen LogP contribution in [0.5, 0.6) is 0 Å². The highest BCUT2D eigenvalue weighted by Crippen LogP contribution is 2.30. The standard InChI is InChI=1S/C14H20N2O6/c17-9-15-3-1-5-19-11-7-21-14-12(8-22-13(11)14)20-6-2-4-16-10-18/h11-14H,1-8H2/t11-,12+,13?,14?. The van der Waals surface area contributed by atoms with E-state index in [-0.39, 0.29) is 24.4 Å². The molecule has 2 unspecified atom stereocenters. The van der Waals surface area contributed by atoms with Gasteiger partial charge in [0, 0.05) is 13.2 Å². The number of hydrogen-bond acceptors (Lipinski definition) is 8. The lowest BCUT2D eigenvalue weighted by molar-refractivity contribution is -0.0503. The molecule has 0 aromatic heterocycles. The van der Waals surface area contributed by atoms with E-state index in [0.717, 1.165) is 0 Å². The third-order valence-electron chi connectivity index (χ3n) is 3.58. The lowest BCUT2D eigenvalue weighted by atomic mass is 10.1. The van der Waals surface area contributed by atoms with Crippen LogP contribution in [0.15, 0.2) is 9.98 Å². The van der Waals surface area contributed by atoms with Gasteiger partial charge in [-0.15, -0.1) is 0 Å². The first-order valence-corrected chi connectivity index (χ1v) is 7.40. The Morgan fingerprint density at radius 2 is 1.32 bits per heavy atom. The average Bonchev–Trinajstić information content (AvgIpc) is 3.10. The first kappa shape index (κ1) is 17.0. The Hall–Kier alpha value is -1.40. The summed E-state index contributed by atoms with van der Waals surface area (Å²) in [6, 6.07) is 0. The molecule has 2 rings (SSSR count). The summed E-state index contributed by atoms with van der Waals surface area (Å²) in [5, 5.41) is 0. The van der Waals surface area contributed by atoms with Crippen LogP contribution >= 0.6 is 0 Å². The Labute approximate surface area is 128 Å². The molecule has 2 aliphatic heterocycles. The van der Waals surface area contributed by atoms with Crippen LogP contribution in [-0.4, -0.2) is 76.1 Å². The molecule has 2 fully saturated rings. The Bertz CT molecular complexity index is 393. The molecule has 2 heterocycles. The van der Waals surface area contributed by atoms with E-state index in [1.165, 1.54) is 12.2 Å². The summed E-state index contributed by atoms with van der Waals surface area (Å²) in [5.74, 6) is 0. The molecule has 122 valence electrons. The van der Waals surface area contributed by atoms with Gasteiger partial charge in [0.05, 0.1) is 26.3 Å². The van der Waals surface area contributed by atoms with Gasteiger partial charge >= 0.3 is 0 Å². The van der Waals surface area contributed by atoms with Crippen molar-refractivity contribution in [3.8, 4) is 0 Å². The molecule has 0 bridgehead atoms. The van der Waals surface area contributed by atoms with Crippen molar-refractivity contribution in [1.29, 1.82) is 0 Å². The van der Waals surface area contributed by atoms with Crippen LogP contribution in [0.4, 0.5) is 0 Å². The highest BCUT2D eigenvalue weighted by molar-refractivity contribution is 5.32. The van der Waals surface area contributed by atoms with Crippen LogP contribution in [0.3, 0.4) is 0 Å². The van der Waals surface area contributed by atoms with Gasteiger partial charge in [-0.05, 0) is 12.8 Å². The van der Waals surface area contributed by atoms with Gasteiger partial charge in [0.1, 0.15) is 24.4 Å². The normalized spacial score (nSPS) is 29.6. The fraction of sp³-hybridized carbons (Fsp3) is 0.857. The monoisotopic (exact) mass is 312 g/mol. The molecule has 0 saturated carbocycles. The van der Waals surface area contributed by atoms with Crippen LogP contribution < -0.4 is 0 Å². The predicted molar refractivity (Wildman–Crippen MR) is 74.2 cm³/mol. The fourth-order valence-electron chi connectivity index (χ4n) is 2.56. The molecule has 8 heteroatoms. The van der Waals surface area contributed by atoms with Gasteiger partial charge in [0.15, 0.2) is 0 Å². The fourth-order valence-corrected chi connectivity index (χ4v) is 2.56. The summed E-state index contributed by atoms with van der Waals surface area (Å²) in [4.78, 5) is 26.8. The van der Waals surface area contributed by atoms with Crippen LogP contribution in [0, 0.1) is 0 Å². The highest BCUT2D eigenvalue weighted by atomic mass is 16.6.